The van der Waals surface area contributed by atoms with Crippen LogP contribution in [0.3, 0.4) is 0 Å². The number of methoxy groups -OCH3 is 1. The van der Waals surface area contributed by atoms with E-state index in [0.717, 1.165) is 25.7 Å². The van der Waals surface area contributed by atoms with Gasteiger partial charge in [0.2, 0.25) is 0 Å². The molecule has 5 nitrogen and oxygen atoms in total. The van der Waals surface area contributed by atoms with E-state index >= 15 is 0 Å². The number of rotatable bonds is 9. The number of hydrogen-bond donors (Lipinski definition) is 1. The quantitative estimate of drug-likeness (QED) is 0.659. The minimum absolute atomic E-state index is 0.160. The minimum Gasteiger partial charge on any atom is -0.385 e. The third kappa shape index (κ3) is 4.97. The summed E-state index contributed by atoms with van der Waals surface area (Å²) in [4.78, 5) is 0. The monoisotopic (exact) mass is 290 g/mol. The molecule has 0 aromatic rings. The van der Waals surface area contributed by atoms with E-state index in [-0.39, 0.29) is 12.2 Å². The van der Waals surface area contributed by atoms with E-state index in [1.807, 2.05) is 6.92 Å². The highest BCUT2D eigenvalue weighted by Gasteiger charge is 2.45. The molecule has 0 amide bonds. The van der Waals surface area contributed by atoms with Crippen LogP contribution in [-0.4, -0.2) is 56.1 Å². The van der Waals surface area contributed by atoms with E-state index in [2.05, 4.69) is 13.8 Å². The molecule has 1 heterocycles. The molecule has 0 aliphatic carbocycles. The van der Waals surface area contributed by atoms with Crippen LogP contribution >= 0.6 is 0 Å². The molecule has 1 N–H and O–H groups in total. The van der Waals surface area contributed by atoms with Gasteiger partial charge in [0.05, 0.1) is 6.10 Å². The van der Waals surface area contributed by atoms with Crippen molar-refractivity contribution in [3.63, 3.8) is 0 Å². The van der Waals surface area contributed by atoms with E-state index in [4.69, 9.17) is 18.9 Å². The summed E-state index contributed by atoms with van der Waals surface area (Å²) in [6.07, 6.45) is 1.82. The maximum absolute atomic E-state index is 10.3. The van der Waals surface area contributed by atoms with Crippen LogP contribution in [0.25, 0.3) is 0 Å². The van der Waals surface area contributed by atoms with Gasteiger partial charge in [0.1, 0.15) is 18.3 Å². The largest absolute Gasteiger partial charge is 0.385 e. The Labute approximate surface area is 122 Å². The second-order valence-corrected chi connectivity index (χ2v) is 5.31. The molecule has 0 saturated carbocycles. The first-order valence-corrected chi connectivity index (χ1v) is 7.75. The number of aliphatic hydroxyl groups is 1. The maximum atomic E-state index is 10.3. The molecule has 120 valence electrons. The lowest BCUT2D eigenvalue weighted by Crippen LogP contribution is -2.59. The van der Waals surface area contributed by atoms with Gasteiger partial charge < -0.3 is 24.1 Å². The average molecular weight is 290 g/mol. The van der Waals surface area contributed by atoms with Crippen LogP contribution in [0, 0.1) is 0 Å². The van der Waals surface area contributed by atoms with Crippen LogP contribution in [0.1, 0.15) is 46.5 Å². The second kappa shape index (κ2) is 9.68. The number of ether oxygens (including phenoxy) is 4. The van der Waals surface area contributed by atoms with Gasteiger partial charge in [-0.2, -0.15) is 0 Å². The van der Waals surface area contributed by atoms with Crippen molar-refractivity contribution < 1.29 is 24.1 Å². The zero-order valence-electron chi connectivity index (χ0n) is 13.2. The Morgan fingerprint density at radius 1 is 1.00 bits per heavy atom. The summed E-state index contributed by atoms with van der Waals surface area (Å²) in [5, 5.41) is 10.3. The van der Waals surface area contributed by atoms with Crippen molar-refractivity contribution in [3.05, 3.63) is 0 Å². The van der Waals surface area contributed by atoms with Crippen molar-refractivity contribution in [1.29, 1.82) is 0 Å². The SMILES string of the molecule is CCCCO[C@@H]1[C@H](O)[C@@H](OC)O[C@H](C)[C@H]1OCCCC. The van der Waals surface area contributed by atoms with Crippen LogP contribution < -0.4 is 0 Å². The van der Waals surface area contributed by atoms with Crippen molar-refractivity contribution in [2.45, 2.75) is 77.2 Å². The highest BCUT2D eigenvalue weighted by Crippen LogP contribution is 2.26. The summed E-state index contributed by atoms with van der Waals surface area (Å²) in [6, 6.07) is 0. The normalized spacial score (nSPS) is 34.4. The van der Waals surface area contributed by atoms with Crippen LogP contribution in [-0.2, 0) is 18.9 Å². The first kappa shape index (κ1) is 17.9. The number of unbranched alkanes of at least 4 members (excludes halogenated alkanes) is 2. The van der Waals surface area contributed by atoms with E-state index in [1.54, 1.807) is 0 Å². The molecule has 1 saturated heterocycles. The Hall–Kier alpha value is -0.200. The summed E-state index contributed by atoms with van der Waals surface area (Å²) >= 11 is 0. The smallest absolute Gasteiger partial charge is 0.186 e. The van der Waals surface area contributed by atoms with Crippen LogP contribution in [0.5, 0.6) is 0 Å². The zero-order valence-corrected chi connectivity index (χ0v) is 13.2. The van der Waals surface area contributed by atoms with E-state index < -0.39 is 18.5 Å². The van der Waals surface area contributed by atoms with Crippen LogP contribution in [0.15, 0.2) is 0 Å². The molecule has 0 bridgehead atoms. The van der Waals surface area contributed by atoms with Gasteiger partial charge in [0.25, 0.3) is 0 Å². The molecule has 1 aliphatic rings. The van der Waals surface area contributed by atoms with Gasteiger partial charge >= 0.3 is 0 Å². The van der Waals surface area contributed by atoms with Gasteiger partial charge in [-0.1, -0.05) is 26.7 Å². The summed E-state index contributed by atoms with van der Waals surface area (Å²) in [6.45, 7) is 7.45. The molecular weight excluding hydrogens is 260 g/mol. The second-order valence-electron chi connectivity index (χ2n) is 5.31. The lowest BCUT2D eigenvalue weighted by atomic mass is 9.99. The number of hydrogen-bond acceptors (Lipinski definition) is 5. The summed E-state index contributed by atoms with van der Waals surface area (Å²) < 4.78 is 22.5. The molecule has 0 spiro atoms. The van der Waals surface area contributed by atoms with Crippen molar-refractivity contribution >= 4 is 0 Å². The molecule has 1 aliphatic heterocycles. The van der Waals surface area contributed by atoms with Gasteiger partial charge in [-0.15, -0.1) is 0 Å². The number of aliphatic hydroxyl groups excluding tert-OH is 1. The molecule has 0 aromatic heterocycles. The van der Waals surface area contributed by atoms with Gasteiger partial charge in [-0.25, -0.2) is 0 Å². The van der Waals surface area contributed by atoms with Crippen molar-refractivity contribution in [3.8, 4) is 0 Å². The van der Waals surface area contributed by atoms with E-state index in [1.165, 1.54) is 7.11 Å². The summed E-state index contributed by atoms with van der Waals surface area (Å²) in [5.41, 5.74) is 0. The Balaban J connectivity index is 2.63. The van der Waals surface area contributed by atoms with Gasteiger partial charge in [0.15, 0.2) is 6.29 Å². The summed E-state index contributed by atoms with van der Waals surface area (Å²) in [5.74, 6) is 0. The average Bonchev–Trinajstić information content (AvgIpc) is 2.45. The summed E-state index contributed by atoms with van der Waals surface area (Å²) in [7, 11) is 1.53. The van der Waals surface area contributed by atoms with Crippen molar-refractivity contribution in [2.24, 2.45) is 0 Å². The van der Waals surface area contributed by atoms with E-state index in [9.17, 15) is 5.11 Å². The van der Waals surface area contributed by atoms with Gasteiger partial charge in [0, 0.05) is 20.3 Å². The molecule has 5 heteroatoms. The molecule has 0 aromatic carbocycles. The third-order valence-electron chi connectivity index (χ3n) is 3.60. The fraction of sp³-hybridized carbons (Fsp3) is 1.00. The zero-order chi connectivity index (χ0) is 15.0. The van der Waals surface area contributed by atoms with Gasteiger partial charge in [-0.3, -0.25) is 0 Å². The first-order chi connectivity index (χ1) is 9.65. The van der Waals surface area contributed by atoms with Crippen LogP contribution in [0.4, 0.5) is 0 Å². The van der Waals surface area contributed by atoms with Crippen molar-refractivity contribution in [2.75, 3.05) is 20.3 Å². The van der Waals surface area contributed by atoms with E-state index in [0.29, 0.717) is 13.2 Å². The van der Waals surface area contributed by atoms with Gasteiger partial charge in [-0.05, 0) is 19.8 Å². The Kier molecular flexibility index (Phi) is 8.64. The highest BCUT2D eigenvalue weighted by atomic mass is 16.7. The van der Waals surface area contributed by atoms with Crippen molar-refractivity contribution in [1.82, 2.24) is 0 Å². The molecule has 5 atom stereocenters. The molecule has 1 fully saturated rings. The fourth-order valence-electron chi connectivity index (χ4n) is 2.33. The fourth-order valence-corrected chi connectivity index (χ4v) is 2.33. The predicted molar refractivity (Wildman–Crippen MR) is 76.6 cm³/mol. The minimum atomic E-state index is -0.820. The third-order valence-corrected chi connectivity index (χ3v) is 3.60. The molecule has 1 rings (SSSR count). The maximum Gasteiger partial charge on any atom is 0.186 e. The molecule has 0 radical (unpaired) electrons. The molecule has 20 heavy (non-hydrogen) atoms. The Morgan fingerprint density at radius 2 is 1.55 bits per heavy atom. The predicted octanol–water partition coefficient (Wildman–Crippen LogP) is 2.11. The first-order valence-electron chi connectivity index (χ1n) is 7.75. The molecule has 0 unspecified atom stereocenters. The van der Waals surface area contributed by atoms with Crippen LogP contribution in [0.2, 0.25) is 0 Å². The topological polar surface area (TPSA) is 57.2 Å². The Bertz CT molecular complexity index is 248. The lowest BCUT2D eigenvalue weighted by Gasteiger charge is -2.42. The molecular formula is C15H30O5. The Morgan fingerprint density at radius 3 is 2.05 bits per heavy atom. The standard InChI is InChI=1S/C15H30O5/c1-5-7-9-18-13-11(3)20-15(17-4)12(16)14(13)19-10-8-6-2/h11-16H,5-10H2,1-4H3/t11-,12+,13-,14-,15+/m1/s1. The lowest BCUT2D eigenvalue weighted by molar-refractivity contribution is -0.300. The highest BCUT2D eigenvalue weighted by molar-refractivity contribution is 4.90.